The zero-order valence-corrected chi connectivity index (χ0v) is 11.5. The molecular formula is C14H21N3O2. The van der Waals surface area contributed by atoms with Crippen molar-refractivity contribution in [2.24, 2.45) is 0 Å². The van der Waals surface area contributed by atoms with Gasteiger partial charge in [-0.15, -0.1) is 0 Å². The molecule has 1 N–H and O–H groups in total. The number of aromatic nitrogens is 2. The summed E-state index contributed by atoms with van der Waals surface area (Å²) in [6.45, 7) is 5.28. The van der Waals surface area contributed by atoms with E-state index in [1.807, 2.05) is 4.68 Å². The molecule has 19 heavy (non-hydrogen) atoms. The number of hydrogen-bond acceptors (Lipinski definition) is 3. The highest BCUT2D eigenvalue weighted by atomic mass is 16.3. The van der Waals surface area contributed by atoms with Gasteiger partial charge in [-0.1, -0.05) is 0 Å². The van der Waals surface area contributed by atoms with Crippen molar-refractivity contribution in [3.8, 4) is 0 Å². The lowest BCUT2D eigenvalue weighted by molar-refractivity contribution is 0.0763. The van der Waals surface area contributed by atoms with Gasteiger partial charge in [0.25, 0.3) is 5.91 Å². The second-order valence-electron chi connectivity index (χ2n) is 5.95. The number of aliphatic hydroxyl groups excluding tert-OH is 1. The van der Waals surface area contributed by atoms with Gasteiger partial charge < -0.3 is 10.0 Å². The average molecular weight is 263 g/mol. The molecule has 0 bridgehead atoms. The Bertz CT molecular complexity index is 491. The van der Waals surface area contributed by atoms with Crippen LogP contribution in [0.15, 0.2) is 6.20 Å². The summed E-state index contributed by atoms with van der Waals surface area (Å²) < 4.78 is 1.98. The predicted octanol–water partition coefficient (Wildman–Crippen LogP) is 1.55. The molecule has 2 heterocycles. The highest BCUT2D eigenvalue weighted by Crippen LogP contribution is 2.42. The van der Waals surface area contributed by atoms with E-state index in [4.69, 9.17) is 0 Å². The number of hydrogen-bond donors (Lipinski definition) is 1. The van der Waals surface area contributed by atoms with Gasteiger partial charge in [-0.2, -0.15) is 5.10 Å². The lowest BCUT2D eigenvalue weighted by atomic mass is 10.1. The molecule has 0 aromatic carbocycles. The molecule has 1 aliphatic carbocycles. The molecule has 1 aliphatic heterocycles. The third kappa shape index (κ3) is 2.27. The fourth-order valence-corrected chi connectivity index (χ4v) is 2.81. The Hall–Kier alpha value is -1.36. The molecule has 1 atom stereocenters. The standard InChI is InChI=1S/C14H21N3O2/c1-9(2)17-13(10-3-4-10)12(7-15-17)14(19)16-6-5-11(18)8-16/h7,9-11,18H,3-6,8H2,1-2H3/t11-/m1/s1. The average Bonchev–Trinajstić information content (AvgIpc) is 2.96. The van der Waals surface area contributed by atoms with Crippen molar-refractivity contribution in [1.29, 1.82) is 0 Å². The summed E-state index contributed by atoms with van der Waals surface area (Å²) in [6, 6.07) is 0.279. The number of carbonyl (C=O) groups is 1. The lowest BCUT2D eigenvalue weighted by Gasteiger charge is -2.17. The Morgan fingerprint density at radius 1 is 1.42 bits per heavy atom. The molecule has 5 nitrogen and oxygen atoms in total. The van der Waals surface area contributed by atoms with Gasteiger partial charge in [-0.25, -0.2) is 0 Å². The molecule has 2 fully saturated rings. The van der Waals surface area contributed by atoms with E-state index in [1.165, 1.54) is 0 Å². The lowest BCUT2D eigenvalue weighted by Crippen LogP contribution is -2.30. The van der Waals surface area contributed by atoms with Crippen LogP contribution in [0.2, 0.25) is 0 Å². The Balaban J connectivity index is 1.90. The van der Waals surface area contributed by atoms with E-state index < -0.39 is 0 Å². The van der Waals surface area contributed by atoms with Crippen LogP contribution in [0.3, 0.4) is 0 Å². The Labute approximate surface area is 113 Å². The summed E-state index contributed by atoms with van der Waals surface area (Å²) in [5.74, 6) is 0.529. The smallest absolute Gasteiger partial charge is 0.257 e. The van der Waals surface area contributed by atoms with Gasteiger partial charge in [-0.3, -0.25) is 9.48 Å². The Morgan fingerprint density at radius 2 is 2.16 bits per heavy atom. The summed E-state index contributed by atoms with van der Waals surface area (Å²) >= 11 is 0. The predicted molar refractivity (Wildman–Crippen MR) is 71.1 cm³/mol. The molecule has 3 rings (SSSR count). The number of β-amino-alcohol motifs (C(OH)–C–C–N with tert-alkyl or cyclic N) is 1. The molecule has 1 amide bonds. The van der Waals surface area contributed by atoms with Gasteiger partial charge in [0, 0.05) is 25.0 Å². The number of amides is 1. The van der Waals surface area contributed by atoms with Crippen LogP contribution >= 0.6 is 0 Å². The summed E-state index contributed by atoms with van der Waals surface area (Å²) in [5.41, 5.74) is 1.84. The summed E-state index contributed by atoms with van der Waals surface area (Å²) in [5, 5.41) is 14.0. The van der Waals surface area contributed by atoms with Crippen LogP contribution in [-0.4, -0.2) is 44.9 Å². The monoisotopic (exact) mass is 263 g/mol. The maximum atomic E-state index is 12.5. The zero-order chi connectivity index (χ0) is 13.6. The molecule has 1 saturated heterocycles. The first-order chi connectivity index (χ1) is 9.08. The minimum atomic E-state index is -0.367. The molecule has 1 aromatic rings. The van der Waals surface area contributed by atoms with E-state index in [0.29, 0.717) is 25.4 Å². The first kappa shape index (κ1) is 12.7. The third-order valence-electron chi connectivity index (χ3n) is 3.97. The number of nitrogens with zero attached hydrogens (tertiary/aromatic N) is 3. The van der Waals surface area contributed by atoms with E-state index in [-0.39, 0.29) is 18.1 Å². The summed E-state index contributed by atoms with van der Waals surface area (Å²) in [4.78, 5) is 14.3. The maximum Gasteiger partial charge on any atom is 0.257 e. The molecule has 1 saturated carbocycles. The van der Waals surface area contributed by atoms with Crippen LogP contribution in [-0.2, 0) is 0 Å². The van der Waals surface area contributed by atoms with Crippen molar-refractivity contribution in [1.82, 2.24) is 14.7 Å². The molecule has 104 valence electrons. The molecule has 0 spiro atoms. The maximum absolute atomic E-state index is 12.5. The van der Waals surface area contributed by atoms with Gasteiger partial charge >= 0.3 is 0 Å². The van der Waals surface area contributed by atoms with Crippen molar-refractivity contribution in [2.75, 3.05) is 13.1 Å². The van der Waals surface area contributed by atoms with E-state index in [0.717, 1.165) is 24.1 Å². The first-order valence-electron chi connectivity index (χ1n) is 7.12. The van der Waals surface area contributed by atoms with Gasteiger partial charge in [0.1, 0.15) is 0 Å². The van der Waals surface area contributed by atoms with Crippen LogP contribution in [0.4, 0.5) is 0 Å². The van der Waals surface area contributed by atoms with E-state index >= 15 is 0 Å². The quantitative estimate of drug-likeness (QED) is 0.900. The SMILES string of the molecule is CC(C)n1ncc(C(=O)N2CC[C@@H](O)C2)c1C1CC1. The van der Waals surface area contributed by atoms with Gasteiger partial charge in [0.05, 0.1) is 23.6 Å². The number of carbonyl (C=O) groups excluding carboxylic acids is 1. The van der Waals surface area contributed by atoms with E-state index in [1.54, 1.807) is 11.1 Å². The van der Waals surface area contributed by atoms with Crippen molar-refractivity contribution in [3.63, 3.8) is 0 Å². The van der Waals surface area contributed by atoms with Crippen LogP contribution < -0.4 is 0 Å². The van der Waals surface area contributed by atoms with Gasteiger partial charge in [-0.05, 0) is 33.1 Å². The van der Waals surface area contributed by atoms with Crippen LogP contribution in [0.1, 0.15) is 61.1 Å². The van der Waals surface area contributed by atoms with Crippen LogP contribution in [0.5, 0.6) is 0 Å². The second kappa shape index (κ2) is 4.63. The van der Waals surface area contributed by atoms with Crippen molar-refractivity contribution < 1.29 is 9.90 Å². The fraction of sp³-hybridized carbons (Fsp3) is 0.714. The van der Waals surface area contributed by atoms with Crippen LogP contribution in [0, 0.1) is 0 Å². The zero-order valence-electron chi connectivity index (χ0n) is 11.5. The van der Waals surface area contributed by atoms with E-state index in [2.05, 4.69) is 18.9 Å². The molecule has 0 radical (unpaired) electrons. The van der Waals surface area contributed by atoms with E-state index in [9.17, 15) is 9.90 Å². The van der Waals surface area contributed by atoms with Crippen molar-refractivity contribution in [2.45, 2.75) is 51.2 Å². The normalized spacial score (nSPS) is 23.4. The van der Waals surface area contributed by atoms with Crippen molar-refractivity contribution >= 4 is 5.91 Å². The largest absolute Gasteiger partial charge is 0.391 e. The minimum absolute atomic E-state index is 0.0327. The number of rotatable bonds is 3. The topological polar surface area (TPSA) is 58.4 Å². The van der Waals surface area contributed by atoms with Gasteiger partial charge in [0.2, 0.25) is 0 Å². The molecular weight excluding hydrogens is 242 g/mol. The van der Waals surface area contributed by atoms with Crippen molar-refractivity contribution in [3.05, 3.63) is 17.5 Å². The molecule has 5 heteroatoms. The second-order valence-corrected chi connectivity index (χ2v) is 5.95. The van der Waals surface area contributed by atoms with Gasteiger partial charge in [0.15, 0.2) is 0 Å². The Kier molecular flexibility index (Phi) is 3.09. The third-order valence-corrected chi connectivity index (χ3v) is 3.97. The minimum Gasteiger partial charge on any atom is -0.391 e. The molecule has 0 unspecified atom stereocenters. The summed E-state index contributed by atoms with van der Waals surface area (Å²) in [7, 11) is 0. The first-order valence-corrected chi connectivity index (χ1v) is 7.12. The summed E-state index contributed by atoms with van der Waals surface area (Å²) in [6.07, 6.45) is 4.33. The highest BCUT2D eigenvalue weighted by Gasteiger charge is 2.35. The molecule has 2 aliphatic rings. The number of likely N-dealkylation sites (tertiary alicyclic amines) is 1. The number of aliphatic hydroxyl groups is 1. The fourth-order valence-electron chi connectivity index (χ4n) is 2.81. The van der Waals surface area contributed by atoms with Crippen LogP contribution in [0.25, 0.3) is 0 Å². The Morgan fingerprint density at radius 3 is 2.68 bits per heavy atom. The highest BCUT2D eigenvalue weighted by molar-refractivity contribution is 5.95. The molecule has 1 aromatic heterocycles.